The van der Waals surface area contributed by atoms with E-state index in [0.29, 0.717) is 29.5 Å². The van der Waals surface area contributed by atoms with Gasteiger partial charge in [-0.25, -0.2) is 0 Å². The third-order valence-electron chi connectivity index (χ3n) is 3.27. The van der Waals surface area contributed by atoms with Crippen LogP contribution in [0.5, 0.6) is 17.2 Å². The molecule has 0 saturated heterocycles. The summed E-state index contributed by atoms with van der Waals surface area (Å²) in [5.74, 6) is 1.62. The fourth-order valence-electron chi connectivity index (χ4n) is 2.19. The molecule has 0 fully saturated rings. The number of fused-ring (bicyclic) bond motifs is 1. The predicted octanol–water partition coefficient (Wildman–Crippen LogP) is 3.03. The van der Waals surface area contributed by atoms with Gasteiger partial charge in [-0.05, 0) is 24.3 Å². The topological polar surface area (TPSA) is 56.8 Å². The van der Waals surface area contributed by atoms with Gasteiger partial charge in [-0.3, -0.25) is 4.79 Å². The quantitative estimate of drug-likeness (QED) is 0.862. The molecule has 5 nitrogen and oxygen atoms in total. The molecule has 1 heterocycles. The van der Waals surface area contributed by atoms with Gasteiger partial charge in [0.2, 0.25) is 6.10 Å². The molecule has 1 N–H and O–H groups in total. The van der Waals surface area contributed by atoms with Crippen molar-refractivity contribution in [2.75, 3.05) is 18.5 Å². The highest BCUT2D eigenvalue weighted by Crippen LogP contribution is 2.31. The smallest absolute Gasteiger partial charge is 0.269 e. The van der Waals surface area contributed by atoms with Crippen molar-refractivity contribution in [1.82, 2.24) is 0 Å². The van der Waals surface area contributed by atoms with Gasteiger partial charge in [-0.15, -0.1) is 0 Å². The van der Waals surface area contributed by atoms with Crippen LogP contribution in [0.2, 0.25) is 0 Å². The van der Waals surface area contributed by atoms with Crippen LogP contribution in [-0.2, 0) is 4.79 Å². The van der Waals surface area contributed by atoms with E-state index in [1.165, 1.54) is 0 Å². The van der Waals surface area contributed by atoms with Gasteiger partial charge in [0.1, 0.15) is 19.0 Å². The van der Waals surface area contributed by atoms with Gasteiger partial charge < -0.3 is 19.5 Å². The number of para-hydroxylation sites is 2. The van der Waals surface area contributed by atoms with Crippen molar-refractivity contribution in [2.45, 2.75) is 6.10 Å². The molecule has 5 heteroatoms. The third kappa shape index (κ3) is 3.63. The van der Waals surface area contributed by atoms with E-state index in [-0.39, 0.29) is 12.5 Å². The predicted molar refractivity (Wildman–Crippen MR) is 87.1 cm³/mol. The minimum Gasteiger partial charge on any atom is -0.489 e. The van der Waals surface area contributed by atoms with Crippen molar-refractivity contribution in [3.63, 3.8) is 0 Å². The Morgan fingerprint density at radius 2 is 2.09 bits per heavy atom. The van der Waals surface area contributed by atoms with Crippen molar-refractivity contribution < 1.29 is 19.0 Å². The van der Waals surface area contributed by atoms with E-state index in [0.717, 1.165) is 0 Å². The molecule has 0 radical (unpaired) electrons. The van der Waals surface area contributed by atoms with Gasteiger partial charge in [-0.2, -0.15) is 0 Å². The van der Waals surface area contributed by atoms with E-state index in [1.54, 1.807) is 24.3 Å². The first kappa shape index (κ1) is 15.0. The molecule has 1 amide bonds. The number of amides is 1. The summed E-state index contributed by atoms with van der Waals surface area (Å²) in [6.07, 6.45) is 0.971. The number of hydrogen-bond donors (Lipinski definition) is 1. The van der Waals surface area contributed by atoms with Gasteiger partial charge in [0, 0.05) is 11.8 Å². The van der Waals surface area contributed by atoms with E-state index >= 15 is 0 Å². The van der Waals surface area contributed by atoms with Gasteiger partial charge in [0.25, 0.3) is 5.91 Å². The van der Waals surface area contributed by atoms with Crippen molar-refractivity contribution in [3.8, 4) is 17.2 Å². The monoisotopic (exact) mass is 311 g/mol. The highest BCUT2D eigenvalue weighted by Gasteiger charge is 2.27. The zero-order valence-corrected chi connectivity index (χ0v) is 12.5. The first-order chi connectivity index (χ1) is 11.3. The van der Waals surface area contributed by atoms with Crippen molar-refractivity contribution in [2.24, 2.45) is 0 Å². The van der Waals surface area contributed by atoms with Crippen LogP contribution in [-0.4, -0.2) is 25.2 Å². The summed E-state index contributed by atoms with van der Waals surface area (Å²) in [5.41, 5.74) is 0.638. The fourth-order valence-corrected chi connectivity index (χ4v) is 2.19. The molecule has 2 aromatic rings. The number of rotatable bonds is 5. The average molecular weight is 311 g/mol. The summed E-state index contributed by atoms with van der Waals surface area (Å²) >= 11 is 0. The fraction of sp³-hybridized carbons (Fsp3) is 0.167. The van der Waals surface area contributed by atoms with Gasteiger partial charge in [0.05, 0.1) is 0 Å². The molecular weight excluding hydrogens is 294 g/mol. The highest BCUT2D eigenvalue weighted by atomic mass is 16.6. The second kappa shape index (κ2) is 6.87. The number of benzene rings is 2. The van der Waals surface area contributed by atoms with Crippen LogP contribution in [0.25, 0.3) is 0 Å². The largest absolute Gasteiger partial charge is 0.489 e. The Bertz CT molecular complexity index is 714. The van der Waals surface area contributed by atoms with Crippen LogP contribution in [0.15, 0.2) is 61.2 Å². The SMILES string of the molecule is C=CCOc1cccc(NC(=O)[C@@H]2COc3ccccc3O2)c1. The van der Waals surface area contributed by atoms with E-state index in [9.17, 15) is 4.79 Å². The van der Waals surface area contributed by atoms with Crippen molar-refractivity contribution in [3.05, 3.63) is 61.2 Å². The minimum atomic E-state index is -0.692. The van der Waals surface area contributed by atoms with Gasteiger partial charge >= 0.3 is 0 Å². The molecule has 2 aromatic carbocycles. The van der Waals surface area contributed by atoms with Crippen LogP contribution in [0.3, 0.4) is 0 Å². The number of nitrogens with one attached hydrogen (secondary N) is 1. The van der Waals surface area contributed by atoms with Crippen molar-refractivity contribution >= 4 is 11.6 Å². The Morgan fingerprint density at radius 1 is 1.26 bits per heavy atom. The number of anilines is 1. The number of carbonyl (C=O) groups excluding carboxylic acids is 1. The Labute approximate surface area is 134 Å². The number of ether oxygens (including phenoxy) is 3. The second-order valence-electron chi connectivity index (χ2n) is 4.98. The lowest BCUT2D eigenvalue weighted by molar-refractivity contribution is -0.125. The van der Waals surface area contributed by atoms with Crippen LogP contribution < -0.4 is 19.5 Å². The summed E-state index contributed by atoms with van der Waals surface area (Å²) in [4.78, 5) is 12.3. The van der Waals surface area contributed by atoms with Crippen LogP contribution in [0, 0.1) is 0 Å². The molecule has 0 unspecified atom stereocenters. The molecule has 0 aliphatic carbocycles. The molecule has 0 saturated carbocycles. The van der Waals surface area contributed by atoms with Crippen LogP contribution >= 0.6 is 0 Å². The molecule has 23 heavy (non-hydrogen) atoms. The molecule has 118 valence electrons. The lowest BCUT2D eigenvalue weighted by Crippen LogP contribution is -2.40. The molecule has 1 aliphatic rings. The Kier molecular flexibility index (Phi) is 4.47. The minimum absolute atomic E-state index is 0.176. The zero-order valence-electron chi connectivity index (χ0n) is 12.5. The van der Waals surface area contributed by atoms with Crippen LogP contribution in [0.4, 0.5) is 5.69 Å². The van der Waals surface area contributed by atoms with Crippen molar-refractivity contribution in [1.29, 1.82) is 0 Å². The van der Waals surface area contributed by atoms with Gasteiger partial charge in [0.15, 0.2) is 11.5 Å². The second-order valence-corrected chi connectivity index (χ2v) is 4.98. The maximum absolute atomic E-state index is 12.3. The molecule has 3 rings (SSSR count). The first-order valence-corrected chi connectivity index (χ1v) is 7.29. The Balaban J connectivity index is 1.65. The molecule has 0 aromatic heterocycles. The summed E-state index contributed by atoms with van der Waals surface area (Å²) in [5, 5.41) is 2.81. The lowest BCUT2D eigenvalue weighted by Gasteiger charge is -2.25. The molecular formula is C18H17NO4. The lowest BCUT2D eigenvalue weighted by atomic mass is 10.2. The molecule has 0 spiro atoms. The van der Waals surface area contributed by atoms with E-state index in [4.69, 9.17) is 14.2 Å². The normalized spacial score (nSPS) is 15.6. The van der Waals surface area contributed by atoms with E-state index in [2.05, 4.69) is 11.9 Å². The maximum atomic E-state index is 12.3. The molecule has 1 aliphatic heterocycles. The third-order valence-corrected chi connectivity index (χ3v) is 3.27. The molecule has 1 atom stereocenters. The highest BCUT2D eigenvalue weighted by molar-refractivity contribution is 5.94. The van der Waals surface area contributed by atoms with E-state index < -0.39 is 6.10 Å². The summed E-state index contributed by atoms with van der Waals surface area (Å²) < 4.78 is 16.7. The summed E-state index contributed by atoms with van der Waals surface area (Å²) in [6.45, 7) is 4.19. The molecule has 0 bridgehead atoms. The number of carbonyl (C=O) groups is 1. The van der Waals surface area contributed by atoms with Gasteiger partial charge in [-0.1, -0.05) is 30.9 Å². The van der Waals surface area contributed by atoms with E-state index in [1.807, 2.05) is 30.3 Å². The Morgan fingerprint density at radius 3 is 2.91 bits per heavy atom. The van der Waals surface area contributed by atoms with Crippen LogP contribution in [0.1, 0.15) is 0 Å². The Hall–Kier alpha value is -2.95. The summed E-state index contributed by atoms with van der Waals surface area (Å²) in [7, 11) is 0. The average Bonchev–Trinajstić information content (AvgIpc) is 2.60. The standard InChI is InChI=1S/C18H17NO4/c1-2-10-21-14-7-5-6-13(11-14)19-18(20)17-12-22-15-8-3-4-9-16(15)23-17/h2-9,11,17H,1,10,12H2,(H,19,20)/t17-/m0/s1. The zero-order chi connectivity index (χ0) is 16.1. The summed E-state index contributed by atoms with van der Waals surface area (Å²) in [6, 6.07) is 14.4. The number of hydrogen-bond acceptors (Lipinski definition) is 4. The maximum Gasteiger partial charge on any atom is 0.269 e. The first-order valence-electron chi connectivity index (χ1n) is 7.29.